The van der Waals surface area contributed by atoms with E-state index in [9.17, 15) is 0 Å². The van der Waals surface area contributed by atoms with Crippen molar-refractivity contribution < 1.29 is 19.1 Å². The zero-order valence-corrected chi connectivity index (χ0v) is 17.9. The van der Waals surface area contributed by atoms with Crippen molar-refractivity contribution in [1.29, 1.82) is 0 Å². The first-order chi connectivity index (χ1) is 14.7. The molecule has 0 radical (unpaired) electrons. The summed E-state index contributed by atoms with van der Waals surface area (Å²) >= 11 is 0. The number of nitrogens with one attached hydrogen (secondary N) is 2. The highest BCUT2D eigenvalue weighted by Gasteiger charge is 2.52. The number of hydrogen-bond donors (Lipinski definition) is 2. The zero-order chi connectivity index (χ0) is 20.7. The van der Waals surface area contributed by atoms with Crippen molar-refractivity contribution in [2.45, 2.75) is 31.5 Å². The summed E-state index contributed by atoms with van der Waals surface area (Å²) < 4.78 is 17.6. The third-order valence-electron chi connectivity index (χ3n) is 6.75. The summed E-state index contributed by atoms with van der Waals surface area (Å²) in [6.45, 7) is 5.67. The van der Waals surface area contributed by atoms with Crippen molar-refractivity contribution in [3.63, 3.8) is 0 Å². The molecule has 2 N–H and O–H groups in total. The number of rotatable bonds is 4. The topological polar surface area (TPSA) is 47.4 Å². The molecule has 1 saturated heterocycles. The van der Waals surface area contributed by atoms with Crippen LogP contribution in [0.5, 0.6) is 17.2 Å². The van der Waals surface area contributed by atoms with E-state index in [1.807, 2.05) is 12.1 Å². The Morgan fingerprint density at radius 2 is 1.87 bits per heavy atom. The van der Waals surface area contributed by atoms with Gasteiger partial charge in [0.05, 0.1) is 58.4 Å². The number of methoxy groups -OCH3 is 2. The molecule has 0 aromatic heterocycles. The van der Waals surface area contributed by atoms with Crippen LogP contribution in [0.3, 0.4) is 0 Å². The number of benzene rings is 2. The molecule has 0 unspecified atom stereocenters. The van der Waals surface area contributed by atoms with Crippen LogP contribution in [-0.4, -0.2) is 44.6 Å². The number of fused-ring (bicyclic) bond motifs is 4. The Morgan fingerprint density at radius 3 is 2.60 bits per heavy atom. The first-order valence-electron chi connectivity index (χ1n) is 10.8. The molecule has 158 valence electrons. The Kier molecular flexibility index (Phi) is 4.83. The van der Waals surface area contributed by atoms with Crippen LogP contribution in [0.1, 0.15) is 36.9 Å². The number of likely N-dealkylation sites (tertiary alicyclic amines) is 1. The van der Waals surface area contributed by atoms with Crippen LogP contribution in [0.2, 0.25) is 0 Å². The number of para-hydroxylation sites is 1. The number of ether oxygens (including phenoxy) is 3. The minimum Gasteiger partial charge on any atom is -0.493 e. The van der Waals surface area contributed by atoms with Crippen LogP contribution < -0.4 is 24.5 Å². The Bertz CT molecular complexity index is 966. The molecule has 0 saturated carbocycles. The van der Waals surface area contributed by atoms with Gasteiger partial charge in [-0.15, -0.1) is 0 Å². The smallest absolute Gasteiger partial charge is 0.191 e. The van der Waals surface area contributed by atoms with Gasteiger partial charge in [-0.2, -0.15) is 5.01 Å². The van der Waals surface area contributed by atoms with Gasteiger partial charge in [0.1, 0.15) is 5.75 Å². The van der Waals surface area contributed by atoms with E-state index in [2.05, 4.69) is 53.8 Å². The fraction of sp³-hybridized carbons (Fsp3) is 0.417. The number of piperidine rings is 1. The largest absolute Gasteiger partial charge is 0.493 e. The van der Waals surface area contributed by atoms with E-state index in [-0.39, 0.29) is 11.8 Å². The molecule has 3 heterocycles. The second-order valence-corrected chi connectivity index (χ2v) is 8.27. The number of nitrogens with zero attached hydrogens (tertiary/aromatic N) is 1. The highest BCUT2D eigenvalue weighted by atomic mass is 16.5. The fourth-order valence-electron chi connectivity index (χ4n) is 4.98. The summed E-state index contributed by atoms with van der Waals surface area (Å²) in [5, 5.41) is 2.34. The van der Waals surface area contributed by atoms with Gasteiger partial charge in [-0.05, 0) is 37.3 Å². The summed E-state index contributed by atoms with van der Waals surface area (Å²) in [7, 11) is 3.33. The first kappa shape index (κ1) is 19.3. The third kappa shape index (κ3) is 3.02. The molecule has 3 aliphatic heterocycles. The van der Waals surface area contributed by atoms with E-state index >= 15 is 0 Å². The summed E-state index contributed by atoms with van der Waals surface area (Å²) in [4.78, 5) is 1.65. The summed E-state index contributed by atoms with van der Waals surface area (Å²) in [6, 6.07) is 14.6. The molecule has 30 heavy (non-hydrogen) atoms. The number of quaternary nitrogens is 1. The van der Waals surface area contributed by atoms with Gasteiger partial charge in [0, 0.05) is 11.1 Å². The van der Waals surface area contributed by atoms with Crippen LogP contribution in [0.4, 0.5) is 0 Å². The Hall–Kier alpha value is -2.70. The maximum absolute atomic E-state index is 6.70. The normalized spacial score (nSPS) is 27.5. The quantitative estimate of drug-likeness (QED) is 0.814. The lowest BCUT2D eigenvalue weighted by Gasteiger charge is -2.50. The van der Waals surface area contributed by atoms with E-state index in [0.717, 1.165) is 54.4 Å². The second kappa shape index (κ2) is 7.52. The average Bonchev–Trinajstić information content (AvgIpc) is 3.26. The van der Waals surface area contributed by atoms with Gasteiger partial charge in [0.25, 0.3) is 0 Å². The molecular weight excluding hydrogens is 378 g/mol. The van der Waals surface area contributed by atoms with Crippen LogP contribution in [0.25, 0.3) is 5.70 Å². The first-order valence-corrected chi connectivity index (χ1v) is 10.8. The summed E-state index contributed by atoms with van der Waals surface area (Å²) in [5.41, 5.74) is 6.72. The van der Waals surface area contributed by atoms with Gasteiger partial charge >= 0.3 is 0 Å². The summed E-state index contributed by atoms with van der Waals surface area (Å²) in [5.74, 6) is 2.47. The van der Waals surface area contributed by atoms with Crippen LogP contribution in [-0.2, 0) is 0 Å². The van der Waals surface area contributed by atoms with Crippen LogP contribution in [0, 0.1) is 0 Å². The average molecular weight is 409 g/mol. The lowest BCUT2D eigenvalue weighted by molar-refractivity contribution is -0.906. The molecular formula is C24H30N3O3+. The lowest BCUT2D eigenvalue weighted by atomic mass is 9.93. The van der Waals surface area contributed by atoms with Gasteiger partial charge < -0.3 is 24.5 Å². The van der Waals surface area contributed by atoms with Crippen molar-refractivity contribution in [3.05, 3.63) is 59.7 Å². The Labute approximate surface area is 178 Å². The highest BCUT2D eigenvalue weighted by molar-refractivity contribution is 5.69. The molecule has 6 heteroatoms. The SMILES string of the molecule is CC[NH+]1CCC2(CC1)Oc1ccccc1[C@H]1C=C(c3ccc(OC)c(OC)c3)NN12. The molecule has 0 aliphatic carbocycles. The fourth-order valence-corrected chi connectivity index (χ4v) is 4.98. The van der Waals surface area contributed by atoms with E-state index in [1.54, 1.807) is 19.1 Å². The van der Waals surface area contributed by atoms with Gasteiger partial charge in [-0.3, -0.25) is 0 Å². The molecule has 3 aliphatic rings. The van der Waals surface area contributed by atoms with E-state index in [0.29, 0.717) is 0 Å². The number of hydrazine groups is 1. The summed E-state index contributed by atoms with van der Waals surface area (Å²) in [6.07, 6.45) is 4.31. The highest BCUT2D eigenvalue weighted by Crippen LogP contribution is 2.47. The second-order valence-electron chi connectivity index (χ2n) is 8.27. The van der Waals surface area contributed by atoms with Gasteiger partial charge in [-0.25, -0.2) is 0 Å². The maximum atomic E-state index is 6.70. The third-order valence-corrected chi connectivity index (χ3v) is 6.75. The van der Waals surface area contributed by atoms with Crippen molar-refractivity contribution in [2.24, 2.45) is 0 Å². The monoisotopic (exact) mass is 408 g/mol. The molecule has 1 spiro atoms. The minimum atomic E-state index is -0.327. The van der Waals surface area contributed by atoms with Gasteiger partial charge in [0.15, 0.2) is 17.2 Å². The van der Waals surface area contributed by atoms with E-state index < -0.39 is 0 Å². The van der Waals surface area contributed by atoms with Crippen molar-refractivity contribution in [1.82, 2.24) is 10.4 Å². The predicted octanol–water partition coefficient (Wildman–Crippen LogP) is 2.39. The molecule has 0 amide bonds. The predicted molar refractivity (Wildman–Crippen MR) is 116 cm³/mol. The Morgan fingerprint density at radius 1 is 1.10 bits per heavy atom. The van der Waals surface area contributed by atoms with E-state index in [4.69, 9.17) is 14.2 Å². The molecule has 5 rings (SSSR count). The van der Waals surface area contributed by atoms with E-state index in [1.165, 1.54) is 12.1 Å². The molecule has 1 atom stereocenters. The van der Waals surface area contributed by atoms with Crippen molar-refractivity contribution in [3.8, 4) is 17.2 Å². The van der Waals surface area contributed by atoms with Crippen LogP contribution in [0.15, 0.2) is 48.5 Å². The maximum Gasteiger partial charge on any atom is 0.191 e. The molecule has 1 fully saturated rings. The Balaban J connectivity index is 1.52. The molecule has 2 aromatic rings. The standard InChI is InChI=1S/C24H29N3O3/c1-4-26-13-11-24(12-14-26)27-20(18-7-5-6-8-21(18)30-24)16-19(25-27)17-9-10-22(28-2)23(15-17)29-3/h5-10,15-16,20,25H,4,11-14H2,1-3H3/p+1/t20-/m1/s1. The molecule has 6 nitrogen and oxygen atoms in total. The van der Waals surface area contributed by atoms with Gasteiger partial charge in [0.2, 0.25) is 0 Å². The zero-order valence-electron chi connectivity index (χ0n) is 17.9. The molecule has 0 bridgehead atoms. The molecule has 2 aromatic carbocycles. The van der Waals surface area contributed by atoms with Crippen molar-refractivity contribution in [2.75, 3.05) is 33.9 Å². The number of hydrogen-bond acceptors (Lipinski definition) is 5. The van der Waals surface area contributed by atoms with Crippen molar-refractivity contribution >= 4 is 5.70 Å². The van der Waals surface area contributed by atoms with Crippen LogP contribution >= 0.6 is 0 Å². The minimum absolute atomic E-state index is 0.140. The van der Waals surface area contributed by atoms with Gasteiger partial charge in [-0.1, -0.05) is 18.2 Å². The lowest BCUT2D eigenvalue weighted by Crippen LogP contribution is -3.13.